The van der Waals surface area contributed by atoms with Crippen LogP contribution >= 0.6 is 23.1 Å². The lowest BCUT2D eigenvalue weighted by Crippen LogP contribution is -2.05. The second-order valence-corrected chi connectivity index (χ2v) is 8.19. The Bertz CT molecular complexity index is 1160. The number of allylic oxidation sites excluding steroid dienone is 1. The van der Waals surface area contributed by atoms with Gasteiger partial charge in [-0.25, -0.2) is 0 Å². The van der Waals surface area contributed by atoms with Crippen molar-refractivity contribution in [2.75, 3.05) is 0 Å². The van der Waals surface area contributed by atoms with Crippen molar-refractivity contribution >= 4 is 33.2 Å². The summed E-state index contributed by atoms with van der Waals surface area (Å²) in [5.41, 5.74) is 0.931. The maximum Gasteiger partial charge on any atom is 0.416 e. The SMILES string of the molecule is C=CCn1c(SCc2cccc(C(F)(F)F)c2)nnc1-c1csc2ccccc12. The minimum Gasteiger partial charge on any atom is -0.298 e. The minimum atomic E-state index is -4.35. The van der Waals surface area contributed by atoms with Gasteiger partial charge in [0.05, 0.1) is 5.56 Å². The Kier molecular flexibility index (Phi) is 5.47. The number of thioether (sulfide) groups is 1. The second kappa shape index (κ2) is 8.04. The molecule has 0 aliphatic carbocycles. The Morgan fingerprint density at radius 1 is 1.10 bits per heavy atom. The van der Waals surface area contributed by atoms with E-state index in [1.165, 1.54) is 23.9 Å². The van der Waals surface area contributed by atoms with Crippen molar-refractivity contribution in [3.8, 4) is 11.4 Å². The molecule has 148 valence electrons. The lowest BCUT2D eigenvalue weighted by atomic mass is 10.1. The molecule has 0 saturated heterocycles. The van der Waals surface area contributed by atoms with E-state index in [2.05, 4.69) is 28.2 Å². The number of thiophene rings is 1. The summed E-state index contributed by atoms with van der Waals surface area (Å²) in [5.74, 6) is 1.10. The van der Waals surface area contributed by atoms with Gasteiger partial charge in [0.15, 0.2) is 11.0 Å². The molecule has 0 aliphatic heterocycles. The van der Waals surface area contributed by atoms with Gasteiger partial charge < -0.3 is 0 Å². The molecule has 0 amide bonds. The van der Waals surface area contributed by atoms with E-state index >= 15 is 0 Å². The summed E-state index contributed by atoms with van der Waals surface area (Å²) in [6.45, 7) is 4.32. The van der Waals surface area contributed by atoms with Gasteiger partial charge in [-0.2, -0.15) is 13.2 Å². The van der Waals surface area contributed by atoms with Crippen LogP contribution in [0.3, 0.4) is 0 Å². The molecule has 0 atom stereocenters. The van der Waals surface area contributed by atoms with Crippen molar-refractivity contribution in [2.45, 2.75) is 23.6 Å². The Morgan fingerprint density at radius 2 is 1.93 bits per heavy atom. The first-order chi connectivity index (χ1) is 14.0. The third-order valence-corrected chi connectivity index (χ3v) is 6.37. The molecule has 0 unspecified atom stereocenters. The molecule has 0 N–H and O–H groups in total. The van der Waals surface area contributed by atoms with Crippen LogP contribution in [0, 0.1) is 0 Å². The fraction of sp³-hybridized carbons (Fsp3) is 0.143. The van der Waals surface area contributed by atoms with Crippen LogP contribution in [0.4, 0.5) is 13.2 Å². The van der Waals surface area contributed by atoms with Gasteiger partial charge in [0.25, 0.3) is 0 Å². The summed E-state index contributed by atoms with van der Waals surface area (Å²) in [6.07, 6.45) is -2.59. The standard InChI is InChI=1S/C21H16F3N3S2/c1-2-10-27-19(17-13-28-18-9-4-3-8-16(17)18)25-26-20(27)29-12-14-6-5-7-15(11-14)21(22,23)24/h2-9,11,13H,1,10,12H2. The highest BCUT2D eigenvalue weighted by Crippen LogP contribution is 2.35. The molecular weight excluding hydrogens is 415 g/mol. The quantitative estimate of drug-likeness (QED) is 0.253. The molecule has 4 rings (SSSR count). The van der Waals surface area contributed by atoms with Gasteiger partial charge in [-0.3, -0.25) is 4.57 Å². The van der Waals surface area contributed by atoms with Crippen LogP contribution in [0.1, 0.15) is 11.1 Å². The fourth-order valence-corrected chi connectivity index (χ4v) is 4.85. The summed E-state index contributed by atoms with van der Waals surface area (Å²) in [6, 6.07) is 13.4. The molecule has 0 radical (unpaired) electrons. The number of halogens is 3. The van der Waals surface area contributed by atoms with Crippen LogP contribution in [-0.4, -0.2) is 14.8 Å². The van der Waals surface area contributed by atoms with Gasteiger partial charge in [0.1, 0.15) is 0 Å². The number of rotatable bonds is 6. The van der Waals surface area contributed by atoms with Crippen LogP contribution in [0.2, 0.25) is 0 Å². The lowest BCUT2D eigenvalue weighted by molar-refractivity contribution is -0.137. The van der Waals surface area contributed by atoms with E-state index in [-0.39, 0.29) is 0 Å². The van der Waals surface area contributed by atoms with Crippen molar-refractivity contribution in [1.29, 1.82) is 0 Å². The molecule has 8 heteroatoms. The largest absolute Gasteiger partial charge is 0.416 e. The normalized spacial score (nSPS) is 11.8. The Labute approximate surface area is 173 Å². The van der Waals surface area contributed by atoms with E-state index < -0.39 is 11.7 Å². The van der Waals surface area contributed by atoms with Crippen molar-refractivity contribution in [2.24, 2.45) is 0 Å². The first-order valence-corrected chi connectivity index (χ1v) is 10.6. The molecule has 4 aromatic rings. The summed E-state index contributed by atoms with van der Waals surface area (Å²) >= 11 is 3.00. The molecule has 0 saturated carbocycles. The predicted octanol–water partition coefficient (Wildman–Crippen LogP) is 6.66. The zero-order chi connectivity index (χ0) is 20.4. The highest BCUT2D eigenvalue weighted by molar-refractivity contribution is 7.98. The van der Waals surface area contributed by atoms with E-state index in [9.17, 15) is 13.2 Å². The average molecular weight is 432 g/mol. The molecular formula is C21H16F3N3S2. The van der Waals surface area contributed by atoms with Crippen LogP contribution in [0.5, 0.6) is 0 Å². The summed E-state index contributed by atoms with van der Waals surface area (Å²) in [4.78, 5) is 0. The lowest BCUT2D eigenvalue weighted by Gasteiger charge is -2.09. The van der Waals surface area contributed by atoms with Crippen molar-refractivity contribution in [3.05, 3.63) is 77.7 Å². The van der Waals surface area contributed by atoms with Gasteiger partial charge in [-0.1, -0.05) is 54.2 Å². The molecule has 0 aliphatic rings. The van der Waals surface area contributed by atoms with Gasteiger partial charge in [0.2, 0.25) is 0 Å². The summed E-state index contributed by atoms with van der Waals surface area (Å²) in [5, 5.41) is 12.5. The summed E-state index contributed by atoms with van der Waals surface area (Å²) < 4.78 is 41.9. The van der Waals surface area contributed by atoms with Gasteiger partial charge >= 0.3 is 6.18 Å². The minimum absolute atomic E-state index is 0.365. The Hall–Kier alpha value is -2.58. The van der Waals surface area contributed by atoms with E-state index in [0.29, 0.717) is 23.0 Å². The molecule has 0 spiro atoms. The van der Waals surface area contributed by atoms with E-state index in [4.69, 9.17) is 0 Å². The van der Waals surface area contributed by atoms with Crippen molar-refractivity contribution < 1.29 is 13.2 Å². The summed E-state index contributed by atoms with van der Waals surface area (Å²) in [7, 11) is 0. The first kappa shape index (κ1) is 19.7. The molecule has 2 heterocycles. The second-order valence-electron chi connectivity index (χ2n) is 6.34. The van der Waals surface area contributed by atoms with Gasteiger partial charge in [-0.15, -0.1) is 28.1 Å². The molecule has 29 heavy (non-hydrogen) atoms. The number of hydrogen-bond acceptors (Lipinski definition) is 4. The first-order valence-electron chi connectivity index (χ1n) is 8.77. The van der Waals surface area contributed by atoms with E-state index in [0.717, 1.165) is 27.5 Å². The number of alkyl halides is 3. The van der Waals surface area contributed by atoms with Crippen LogP contribution in [0.25, 0.3) is 21.5 Å². The van der Waals surface area contributed by atoms with E-state index in [1.54, 1.807) is 23.5 Å². The highest BCUT2D eigenvalue weighted by Gasteiger charge is 2.30. The zero-order valence-electron chi connectivity index (χ0n) is 15.2. The number of nitrogens with zero attached hydrogens (tertiary/aromatic N) is 3. The number of hydrogen-bond donors (Lipinski definition) is 0. The monoisotopic (exact) mass is 431 g/mol. The number of benzene rings is 2. The van der Waals surface area contributed by atoms with Gasteiger partial charge in [0, 0.05) is 33.3 Å². The van der Waals surface area contributed by atoms with Crippen LogP contribution in [-0.2, 0) is 18.5 Å². The highest BCUT2D eigenvalue weighted by atomic mass is 32.2. The molecule has 2 aromatic heterocycles. The smallest absolute Gasteiger partial charge is 0.298 e. The fourth-order valence-electron chi connectivity index (χ4n) is 3.02. The van der Waals surface area contributed by atoms with Gasteiger partial charge in [-0.05, 0) is 17.7 Å². The van der Waals surface area contributed by atoms with Crippen molar-refractivity contribution in [1.82, 2.24) is 14.8 Å². The third-order valence-electron chi connectivity index (χ3n) is 4.37. The Morgan fingerprint density at radius 3 is 2.72 bits per heavy atom. The molecule has 0 fully saturated rings. The number of aromatic nitrogens is 3. The van der Waals surface area contributed by atoms with Crippen molar-refractivity contribution in [3.63, 3.8) is 0 Å². The predicted molar refractivity (Wildman–Crippen MR) is 112 cm³/mol. The number of fused-ring (bicyclic) bond motifs is 1. The maximum absolute atomic E-state index is 12.9. The van der Waals surface area contributed by atoms with Crippen LogP contribution < -0.4 is 0 Å². The topological polar surface area (TPSA) is 30.7 Å². The maximum atomic E-state index is 12.9. The third kappa shape index (κ3) is 4.09. The average Bonchev–Trinajstić information content (AvgIpc) is 3.30. The zero-order valence-corrected chi connectivity index (χ0v) is 16.8. The van der Waals surface area contributed by atoms with E-state index in [1.807, 2.05) is 22.8 Å². The molecule has 0 bridgehead atoms. The van der Waals surface area contributed by atoms with Crippen LogP contribution in [0.15, 0.2) is 71.7 Å². The Balaban J connectivity index is 1.63. The molecule has 3 nitrogen and oxygen atoms in total. The molecule has 2 aromatic carbocycles.